The fraction of sp³-hybridized carbons (Fsp3) is 0.381. The molecule has 0 saturated carbocycles. The zero-order valence-electron chi connectivity index (χ0n) is 14.9. The Bertz CT molecular complexity index is 695. The van der Waals surface area contributed by atoms with E-state index >= 15 is 0 Å². The summed E-state index contributed by atoms with van der Waals surface area (Å²) in [4.78, 5) is 14.5. The van der Waals surface area contributed by atoms with Gasteiger partial charge < -0.3 is 15.0 Å². The quantitative estimate of drug-likeness (QED) is 0.763. The molecule has 4 nitrogen and oxygen atoms in total. The van der Waals surface area contributed by atoms with E-state index in [1.807, 2.05) is 48.5 Å². The molecule has 5 heteroatoms. The van der Waals surface area contributed by atoms with Gasteiger partial charge in [-0.15, -0.1) is 0 Å². The molecule has 1 aliphatic rings. The van der Waals surface area contributed by atoms with Crippen LogP contribution in [0, 0.1) is 0 Å². The summed E-state index contributed by atoms with van der Waals surface area (Å²) in [5, 5.41) is 3.67. The number of benzene rings is 2. The number of carbonyl (C=O) groups is 1. The predicted molar refractivity (Wildman–Crippen MR) is 106 cm³/mol. The molecule has 0 unspecified atom stereocenters. The van der Waals surface area contributed by atoms with Crippen LogP contribution in [0.4, 0.5) is 5.69 Å². The van der Waals surface area contributed by atoms with Crippen LogP contribution >= 0.6 is 11.6 Å². The smallest absolute Gasteiger partial charge is 0.225 e. The third-order valence-corrected chi connectivity index (χ3v) is 4.81. The first-order valence-electron chi connectivity index (χ1n) is 9.18. The van der Waals surface area contributed by atoms with E-state index in [1.165, 1.54) is 19.3 Å². The van der Waals surface area contributed by atoms with Crippen molar-refractivity contribution in [3.05, 3.63) is 59.1 Å². The Balaban J connectivity index is 1.41. The summed E-state index contributed by atoms with van der Waals surface area (Å²) in [6.07, 6.45) is 4.35. The number of nitrogens with zero attached hydrogens (tertiary/aromatic N) is 1. The van der Waals surface area contributed by atoms with Gasteiger partial charge in [-0.3, -0.25) is 4.79 Å². The predicted octanol–water partition coefficient (Wildman–Crippen LogP) is 4.73. The number of likely N-dealkylation sites (tertiary alicyclic amines) is 1. The number of carbonyl (C=O) groups excluding carboxylic acids is 1. The molecular formula is C21H25ClN2O2. The van der Waals surface area contributed by atoms with Gasteiger partial charge in [0.2, 0.25) is 5.91 Å². The molecule has 1 heterocycles. The molecule has 0 bridgehead atoms. The highest BCUT2D eigenvalue weighted by Gasteiger charge is 2.11. The number of amides is 1. The molecule has 0 aromatic heterocycles. The summed E-state index contributed by atoms with van der Waals surface area (Å²) >= 11 is 5.88. The van der Waals surface area contributed by atoms with E-state index in [4.69, 9.17) is 16.3 Å². The maximum absolute atomic E-state index is 12.1. The minimum absolute atomic E-state index is 0.0606. The van der Waals surface area contributed by atoms with E-state index in [-0.39, 0.29) is 5.91 Å². The Morgan fingerprint density at radius 1 is 1.00 bits per heavy atom. The lowest BCUT2D eigenvalue weighted by Gasteiger charge is -2.25. The third kappa shape index (κ3) is 6.04. The summed E-state index contributed by atoms with van der Waals surface area (Å²) in [5.74, 6) is 0.830. The molecule has 0 atom stereocenters. The molecule has 2 aromatic rings. The van der Waals surface area contributed by atoms with Crippen LogP contribution in [-0.2, 0) is 11.4 Å². The number of anilines is 1. The van der Waals surface area contributed by atoms with Gasteiger partial charge in [-0.25, -0.2) is 0 Å². The van der Waals surface area contributed by atoms with Crippen molar-refractivity contribution in [1.29, 1.82) is 0 Å². The van der Waals surface area contributed by atoms with Crippen LogP contribution in [0.15, 0.2) is 48.5 Å². The van der Waals surface area contributed by atoms with Gasteiger partial charge in [-0.2, -0.15) is 0 Å². The zero-order valence-corrected chi connectivity index (χ0v) is 15.7. The number of piperidine rings is 1. The maximum atomic E-state index is 12.1. The zero-order chi connectivity index (χ0) is 18.2. The second kappa shape index (κ2) is 9.60. The van der Waals surface area contributed by atoms with E-state index in [0.717, 1.165) is 36.6 Å². The Hall–Kier alpha value is -2.04. The van der Waals surface area contributed by atoms with Gasteiger partial charge in [0, 0.05) is 23.7 Å². The molecule has 26 heavy (non-hydrogen) atoms. The summed E-state index contributed by atoms with van der Waals surface area (Å²) in [6.45, 7) is 3.56. The van der Waals surface area contributed by atoms with E-state index in [2.05, 4.69) is 10.2 Å². The molecule has 1 fully saturated rings. The molecule has 3 rings (SSSR count). The average Bonchev–Trinajstić information content (AvgIpc) is 2.68. The fourth-order valence-corrected chi connectivity index (χ4v) is 3.17. The van der Waals surface area contributed by atoms with Crippen molar-refractivity contribution in [1.82, 2.24) is 4.90 Å². The number of nitrogens with one attached hydrogen (secondary N) is 1. The van der Waals surface area contributed by atoms with Gasteiger partial charge in [-0.05, 0) is 67.9 Å². The molecule has 1 N–H and O–H groups in total. The molecule has 1 aliphatic heterocycles. The lowest BCUT2D eigenvalue weighted by Crippen LogP contribution is -2.32. The Morgan fingerprint density at radius 2 is 1.69 bits per heavy atom. The van der Waals surface area contributed by atoms with Crippen LogP contribution in [-0.4, -0.2) is 30.4 Å². The van der Waals surface area contributed by atoms with Crippen molar-refractivity contribution in [3.63, 3.8) is 0 Å². The summed E-state index contributed by atoms with van der Waals surface area (Å²) in [5.41, 5.74) is 1.86. The number of ether oxygens (including phenoxy) is 1. The van der Waals surface area contributed by atoms with Crippen LogP contribution in [0.1, 0.15) is 31.2 Å². The van der Waals surface area contributed by atoms with Crippen molar-refractivity contribution >= 4 is 23.2 Å². The second-order valence-electron chi connectivity index (χ2n) is 6.64. The highest BCUT2D eigenvalue weighted by atomic mass is 35.5. The fourth-order valence-electron chi connectivity index (χ4n) is 3.05. The van der Waals surface area contributed by atoms with Crippen molar-refractivity contribution in [3.8, 4) is 5.75 Å². The topological polar surface area (TPSA) is 41.6 Å². The van der Waals surface area contributed by atoms with Crippen molar-refractivity contribution < 1.29 is 9.53 Å². The summed E-state index contributed by atoms with van der Waals surface area (Å²) in [7, 11) is 0. The molecule has 0 aliphatic carbocycles. The van der Waals surface area contributed by atoms with Gasteiger partial charge in [0.15, 0.2) is 0 Å². The number of hydrogen-bond donors (Lipinski definition) is 1. The average molecular weight is 373 g/mol. The standard InChI is InChI=1S/C21H25ClN2O2/c22-18-6-4-17(5-7-18)16-26-20-10-8-19(9-11-20)23-21(25)12-15-24-13-2-1-3-14-24/h4-11H,1-3,12-16H2,(H,23,25). The van der Waals surface area contributed by atoms with Crippen molar-refractivity contribution in [2.75, 3.05) is 25.0 Å². The molecule has 1 amide bonds. The van der Waals surface area contributed by atoms with Crippen molar-refractivity contribution in [2.45, 2.75) is 32.3 Å². The Kier molecular flexibility index (Phi) is 6.92. The number of halogens is 1. The second-order valence-corrected chi connectivity index (χ2v) is 7.08. The first-order chi connectivity index (χ1) is 12.7. The van der Waals surface area contributed by atoms with Gasteiger partial charge in [0.25, 0.3) is 0 Å². The molecule has 138 valence electrons. The minimum atomic E-state index is 0.0606. The van der Waals surface area contributed by atoms with E-state index in [0.29, 0.717) is 18.1 Å². The lowest BCUT2D eigenvalue weighted by atomic mass is 10.1. The minimum Gasteiger partial charge on any atom is -0.489 e. The van der Waals surface area contributed by atoms with Crippen LogP contribution in [0.25, 0.3) is 0 Å². The molecule has 0 radical (unpaired) electrons. The van der Waals surface area contributed by atoms with Crippen LogP contribution in [0.5, 0.6) is 5.75 Å². The summed E-state index contributed by atoms with van der Waals surface area (Å²) < 4.78 is 5.76. The van der Waals surface area contributed by atoms with Crippen LogP contribution < -0.4 is 10.1 Å². The SMILES string of the molecule is O=C(CCN1CCCCC1)Nc1ccc(OCc2ccc(Cl)cc2)cc1. The normalized spacial score (nSPS) is 14.8. The summed E-state index contributed by atoms with van der Waals surface area (Å²) in [6, 6.07) is 15.1. The number of rotatable bonds is 7. The third-order valence-electron chi connectivity index (χ3n) is 4.56. The molecule has 2 aromatic carbocycles. The largest absolute Gasteiger partial charge is 0.489 e. The van der Waals surface area contributed by atoms with Gasteiger partial charge in [0.1, 0.15) is 12.4 Å². The van der Waals surface area contributed by atoms with Crippen LogP contribution in [0.3, 0.4) is 0 Å². The van der Waals surface area contributed by atoms with Gasteiger partial charge in [0.05, 0.1) is 0 Å². The maximum Gasteiger partial charge on any atom is 0.225 e. The van der Waals surface area contributed by atoms with E-state index < -0.39 is 0 Å². The first kappa shape index (κ1) is 18.7. The van der Waals surface area contributed by atoms with Gasteiger partial charge >= 0.3 is 0 Å². The molecule has 1 saturated heterocycles. The Morgan fingerprint density at radius 3 is 2.38 bits per heavy atom. The van der Waals surface area contributed by atoms with Crippen LogP contribution in [0.2, 0.25) is 5.02 Å². The lowest BCUT2D eigenvalue weighted by molar-refractivity contribution is -0.116. The highest BCUT2D eigenvalue weighted by Crippen LogP contribution is 2.18. The number of hydrogen-bond acceptors (Lipinski definition) is 3. The van der Waals surface area contributed by atoms with E-state index in [1.54, 1.807) is 0 Å². The molecule has 0 spiro atoms. The van der Waals surface area contributed by atoms with Crippen molar-refractivity contribution in [2.24, 2.45) is 0 Å². The monoisotopic (exact) mass is 372 g/mol. The molecular weight excluding hydrogens is 348 g/mol. The van der Waals surface area contributed by atoms with Gasteiger partial charge in [-0.1, -0.05) is 30.2 Å². The Labute approximate surface area is 160 Å². The first-order valence-corrected chi connectivity index (χ1v) is 9.56. The van der Waals surface area contributed by atoms with E-state index in [9.17, 15) is 4.79 Å². The highest BCUT2D eigenvalue weighted by molar-refractivity contribution is 6.30.